The number of nitrogen functional groups attached to an aromatic ring is 1. The van der Waals surface area contributed by atoms with Crippen LogP contribution in [0.3, 0.4) is 0 Å². The van der Waals surface area contributed by atoms with Gasteiger partial charge in [-0.15, -0.1) is 0 Å². The number of H-pyrrole nitrogens is 1. The summed E-state index contributed by atoms with van der Waals surface area (Å²) in [5.74, 6) is 0.953. The van der Waals surface area contributed by atoms with Gasteiger partial charge in [-0.05, 0) is 13.0 Å². The van der Waals surface area contributed by atoms with Crippen LogP contribution in [-0.4, -0.2) is 21.8 Å². The van der Waals surface area contributed by atoms with Crippen molar-refractivity contribution in [2.75, 3.05) is 12.3 Å². The van der Waals surface area contributed by atoms with Crippen LogP contribution in [0.2, 0.25) is 0 Å². The van der Waals surface area contributed by atoms with Crippen LogP contribution in [-0.2, 0) is 0 Å². The van der Waals surface area contributed by atoms with Crippen LogP contribution < -0.4 is 10.5 Å². The third-order valence-electron chi connectivity index (χ3n) is 2.68. The van der Waals surface area contributed by atoms with Gasteiger partial charge in [0.05, 0.1) is 17.6 Å². The van der Waals surface area contributed by atoms with Gasteiger partial charge in [0.1, 0.15) is 5.39 Å². The number of aromatic nitrogens is 3. The highest BCUT2D eigenvalue weighted by Crippen LogP contribution is 2.32. The lowest BCUT2D eigenvalue weighted by Gasteiger charge is -2.06. The van der Waals surface area contributed by atoms with Gasteiger partial charge >= 0.3 is 0 Å². The molecule has 5 heteroatoms. The minimum absolute atomic E-state index is 0.418. The number of nitrogens with zero attached hydrogens (tertiary/aromatic N) is 2. The molecule has 0 radical (unpaired) electrons. The Bertz CT molecular complexity index is 689. The van der Waals surface area contributed by atoms with E-state index in [0.29, 0.717) is 18.3 Å². The number of benzene rings is 1. The molecule has 0 bridgehead atoms. The van der Waals surface area contributed by atoms with Gasteiger partial charge in [-0.25, -0.2) is 4.98 Å². The highest BCUT2D eigenvalue weighted by molar-refractivity contribution is 6.09. The molecule has 3 aromatic rings. The Morgan fingerprint density at radius 2 is 2.18 bits per heavy atom. The second kappa shape index (κ2) is 3.62. The van der Waals surface area contributed by atoms with E-state index in [1.54, 1.807) is 0 Å². The Hall–Kier alpha value is -2.30. The van der Waals surface area contributed by atoms with Gasteiger partial charge in [-0.1, -0.05) is 18.2 Å². The van der Waals surface area contributed by atoms with E-state index in [1.807, 2.05) is 31.2 Å². The van der Waals surface area contributed by atoms with Gasteiger partial charge in [0, 0.05) is 5.39 Å². The van der Waals surface area contributed by atoms with E-state index in [0.717, 1.165) is 21.8 Å². The summed E-state index contributed by atoms with van der Waals surface area (Å²) < 4.78 is 5.52. The van der Waals surface area contributed by atoms with Crippen molar-refractivity contribution in [1.82, 2.24) is 15.2 Å². The summed E-state index contributed by atoms with van der Waals surface area (Å²) in [6.07, 6.45) is 0. The number of ether oxygens (including phenoxy) is 1. The fraction of sp³-hybridized carbons (Fsp3) is 0.167. The number of hydrogen-bond donors (Lipinski definition) is 2. The van der Waals surface area contributed by atoms with Crippen molar-refractivity contribution in [2.45, 2.75) is 6.92 Å². The molecular formula is C12H12N4O. The number of nitrogens with two attached hydrogens (primary N) is 1. The number of fused-ring (bicyclic) bond motifs is 3. The molecule has 3 N–H and O–H groups in total. The van der Waals surface area contributed by atoms with E-state index in [-0.39, 0.29) is 0 Å². The smallest absolute Gasteiger partial charge is 0.227 e. The van der Waals surface area contributed by atoms with Crippen LogP contribution in [0.5, 0.6) is 5.88 Å². The normalized spacial score (nSPS) is 11.1. The Morgan fingerprint density at radius 1 is 1.35 bits per heavy atom. The molecule has 0 atom stereocenters. The molecule has 0 unspecified atom stereocenters. The SMILES string of the molecule is CCOc1nc2ccccc2c2[nH]nc(N)c12. The van der Waals surface area contributed by atoms with Crippen LogP contribution >= 0.6 is 0 Å². The first-order valence-electron chi connectivity index (χ1n) is 5.46. The molecule has 3 rings (SSSR count). The number of rotatable bonds is 2. The summed E-state index contributed by atoms with van der Waals surface area (Å²) in [5.41, 5.74) is 7.58. The van der Waals surface area contributed by atoms with E-state index in [4.69, 9.17) is 10.5 Å². The molecular weight excluding hydrogens is 216 g/mol. The van der Waals surface area contributed by atoms with Gasteiger partial charge in [-0.3, -0.25) is 5.10 Å². The Morgan fingerprint density at radius 3 is 3.00 bits per heavy atom. The molecule has 0 aliphatic rings. The average Bonchev–Trinajstić information content (AvgIpc) is 2.73. The minimum Gasteiger partial charge on any atom is -0.477 e. The molecule has 0 aliphatic heterocycles. The van der Waals surface area contributed by atoms with Crippen LogP contribution in [0, 0.1) is 0 Å². The second-order valence-corrected chi connectivity index (χ2v) is 3.73. The predicted molar refractivity (Wildman–Crippen MR) is 67.0 cm³/mol. The zero-order valence-corrected chi connectivity index (χ0v) is 9.40. The summed E-state index contributed by atoms with van der Waals surface area (Å²) in [4.78, 5) is 4.46. The Labute approximate surface area is 97.6 Å². The van der Waals surface area contributed by atoms with Crippen molar-refractivity contribution < 1.29 is 4.74 Å². The number of hydrogen-bond acceptors (Lipinski definition) is 4. The van der Waals surface area contributed by atoms with Gasteiger partial charge in [0.15, 0.2) is 5.82 Å². The fourth-order valence-electron chi connectivity index (χ4n) is 1.96. The molecule has 0 fully saturated rings. The topological polar surface area (TPSA) is 76.8 Å². The maximum absolute atomic E-state index is 5.84. The molecule has 0 saturated carbocycles. The molecule has 5 nitrogen and oxygen atoms in total. The molecule has 2 heterocycles. The zero-order valence-electron chi connectivity index (χ0n) is 9.40. The predicted octanol–water partition coefficient (Wildman–Crippen LogP) is 2.09. The lowest BCUT2D eigenvalue weighted by molar-refractivity contribution is 0.332. The summed E-state index contributed by atoms with van der Waals surface area (Å²) in [7, 11) is 0. The van der Waals surface area contributed by atoms with Gasteiger partial charge in [0.25, 0.3) is 0 Å². The first-order chi connectivity index (χ1) is 8.31. The van der Waals surface area contributed by atoms with Crippen LogP contribution in [0.15, 0.2) is 24.3 Å². The summed E-state index contributed by atoms with van der Waals surface area (Å²) in [6, 6.07) is 7.82. The molecule has 0 amide bonds. The van der Waals surface area contributed by atoms with E-state index in [1.165, 1.54) is 0 Å². The van der Waals surface area contributed by atoms with Crippen LogP contribution in [0.1, 0.15) is 6.92 Å². The van der Waals surface area contributed by atoms with Crippen LogP contribution in [0.4, 0.5) is 5.82 Å². The second-order valence-electron chi connectivity index (χ2n) is 3.73. The zero-order chi connectivity index (χ0) is 11.8. The highest BCUT2D eigenvalue weighted by atomic mass is 16.5. The Balaban J connectivity index is 2.47. The maximum atomic E-state index is 5.84. The van der Waals surface area contributed by atoms with Gasteiger partial charge in [0.2, 0.25) is 5.88 Å². The van der Waals surface area contributed by atoms with E-state index in [2.05, 4.69) is 15.2 Å². The van der Waals surface area contributed by atoms with Gasteiger partial charge in [-0.2, -0.15) is 5.10 Å². The highest BCUT2D eigenvalue weighted by Gasteiger charge is 2.14. The number of nitrogens with one attached hydrogen (secondary N) is 1. The molecule has 1 aromatic carbocycles. The molecule has 2 aromatic heterocycles. The lowest BCUT2D eigenvalue weighted by atomic mass is 10.1. The standard InChI is InChI=1S/C12H12N4O/c1-2-17-12-9-10(15-16-11(9)13)7-5-3-4-6-8(7)14-12/h3-6H,2H2,1H3,(H3,13,15,16). The third-order valence-corrected chi connectivity index (χ3v) is 2.68. The summed E-state index contributed by atoms with van der Waals surface area (Å²) >= 11 is 0. The monoisotopic (exact) mass is 228 g/mol. The molecule has 17 heavy (non-hydrogen) atoms. The summed E-state index contributed by atoms with van der Waals surface area (Å²) in [5, 5.41) is 8.71. The number of aromatic amines is 1. The van der Waals surface area contributed by atoms with Crippen molar-refractivity contribution in [2.24, 2.45) is 0 Å². The number of pyridine rings is 1. The minimum atomic E-state index is 0.418. The third kappa shape index (κ3) is 1.39. The quantitative estimate of drug-likeness (QED) is 0.704. The van der Waals surface area contributed by atoms with Crippen molar-refractivity contribution >= 4 is 27.6 Å². The first-order valence-corrected chi connectivity index (χ1v) is 5.46. The lowest BCUT2D eigenvalue weighted by Crippen LogP contribution is -1.97. The summed E-state index contributed by atoms with van der Waals surface area (Å²) in [6.45, 7) is 2.46. The van der Waals surface area contributed by atoms with E-state index in [9.17, 15) is 0 Å². The van der Waals surface area contributed by atoms with Crippen molar-refractivity contribution in [3.63, 3.8) is 0 Å². The molecule has 0 saturated heterocycles. The van der Waals surface area contributed by atoms with E-state index >= 15 is 0 Å². The van der Waals surface area contributed by atoms with Crippen molar-refractivity contribution in [3.8, 4) is 5.88 Å². The molecule has 0 aliphatic carbocycles. The largest absolute Gasteiger partial charge is 0.477 e. The van der Waals surface area contributed by atoms with Gasteiger partial charge < -0.3 is 10.5 Å². The van der Waals surface area contributed by atoms with Crippen molar-refractivity contribution in [3.05, 3.63) is 24.3 Å². The first kappa shape index (κ1) is 9.89. The molecule has 86 valence electrons. The average molecular weight is 228 g/mol. The maximum Gasteiger partial charge on any atom is 0.227 e. The molecule has 0 spiro atoms. The van der Waals surface area contributed by atoms with Crippen molar-refractivity contribution in [1.29, 1.82) is 0 Å². The number of anilines is 1. The Kier molecular flexibility index (Phi) is 2.11. The van der Waals surface area contributed by atoms with E-state index < -0.39 is 0 Å². The fourth-order valence-corrected chi connectivity index (χ4v) is 1.96. The van der Waals surface area contributed by atoms with Crippen LogP contribution in [0.25, 0.3) is 21.8 Å². The number of para-hydroxylation sites is 1.